The number of methoxy groups -OCH3 is 1. The van der Waals surface area contributed by atoms with Gasteiger partial charge in [0.05, 0.1) is 25.0 Å². The Balaban J connectivity index is 2.19. The molecule has 0 spiro atoms. The van der Waals surface area contributed by atoms with E-state index in [1.165, 1.54) is 11.1 Å². The first kappa shape index (κ1) is 14.3. The smallest absolute Gasteiger partial charge is 0.287 e. The Morgan fingerprint density at radius 1 is 1.58 bits per heavy atom. The topological polar surface area (TPSA) is 56.1 Å². The van der Waals surface area contributed by atoms with Gasteiger partial charge in [-0.05, 0) is 25.7 Å². The molecule has 1 saturated carbocycles. The Morgan fingerprint density at radius 2 is 2.32 bits per heavy atom. The second kappa shape index (κ2) is 5.92. The number of nitrogens with one attached hydrogen (secondary N) is 1. The van der Waals surface area contributed by atoms with Gasteiger partial charge in [-0.15, -0.1) is 0 Å². The number of aromatic nitrogens is 2. The zero-order chi connectivity index (χ0) is 13.9. The molecule has 19 heavy (non-hydrogen) atoms. The lowest BCUT2D eigenvalue weighted by atomic mass is 9.75. The van der Waals surface area contributed by atoms with E-state index in [0.717, 1.165) is 19.3 Å². The maximum absolute atomic E-state index is 12.0. The lowest BCUT2D eigenvalue weighted by Crippen LogP contribution is -2.44. The Kier molecular flexibility index (Phi) is 4.47. The van der Waals surface area contributed by atoms with Gasteiger partial charge >= 0.3 is 0 Å². The van der Waals surface area contributed by atoms with Gasteiger partial charge in [-0.25, -0.2) is 4.68 Å². The summed E-state index contributed by atoms with van der Waals surface area (Å²) in [5.74, 6) is 0. The van der Waals surface area contributed by atoms with Crippen LogP contribution >= 0.6 is 11.6 Å². The van der Waals surface area contributed by atoms with Crippen LogP contribution in [-0.2, 0) is 11.3 Å². The number of nitrogens with zero attached hydrogens (tertiary/aromatic N) is 2. The summed E-state index contributed by atoms with van der Waals surface area (Å²) in [6.45, 7) is 3.00. The summed E-state index contributed by atoms with van der Waals surface area (Å²) in [7, 11) is 1.59. The van der Waals surface area contributed by atoms with E-state index < -0.39 is 0 Å². The average Bonchev–Trinajstić information content (AvgIpc) is 2.38. The predicted octanol–water partition coefficient (Wildman–Crippen LogP) is 2.29. The maximum atomic E-state index is 12.0. The molecule has 1 aliphatic carbocycles. The number of rotatable bonds is 6. The molecule has 1 aliphatic rings. The van der Waals surface area contributed by atoms with Gasteiger partial charge in [0.2, 0.25) is 0 Å². The number of anilines is 1. The summed E-state index contributed by atoms with van der Waals surface area (Å²) < 4.78 is 6.27. The van der Waals surface area contributed by atoms with Crippen molar-refractivity contribution >= 4 is 17.3 Å². The van der Waals surface area contributed by atoms with Crippen LogP contribution in [0.3, 0.4) is 0 Å². The molecule has 1 fully saturated rings. The molecule has 0 unspecified atom stereocenters. The highest BCUT2D eigenvalue weighted by atomic mass is 35.5. The highest BCUT2D eigenvalue weighted by Gasteiger charge is 2.35. The molecule has 0 aliphatic heterocycles. The lowest BCUT2D eigenvalue weighted by Gasteiger charge is -2.42. The minimum absolute atomic E-state index is 0.0937. The van der Waals surface area contributed by atoms with Crippen molar-refractivity contribution < 1.29 is 4.74 Å². The van der Waals surface area contributed by atoms with Crippen LogP contribution in [-0.4, -0.2) is 29.0 Å². The van der Waals surface area contributed by atoms with E-state index in [9.17, 15) is 4.79 Å². The number of hydrogen-bond donors (Lipinski definition) is 1. The van der Waals surface area contributed by atoms with Crippen molar-refractivity contribution in [1.82, 2.24) is 9.78 Å². The zero-order valence-electron chi connectivity index (χ0n) is 11.4. The summed E-state index contributed by atoms with van der Waals surface area (Å²) in [4.78, 5) is 12.0. The predicted molar refractivity (Wildman–Crippen MR) is 75.9 cm³/mol. The van der Waals surface area contributed by atoms with Gasteiger partial charge in [0.1, 0.15) is 5.02 Å². The van der Waals surface area contributed by atoms with Gasteiger partial charge < -0.3 is 10.1 Å². The Bertz CT molecular complexity index is 492. The second-order valence-corrected chi connectivity index (χ2v) is 5.38. The van der Waals surface area contributed by atoms with E-state index in [2.05, 4.69) is 17.3 Å². The molecule has 1 N–H and O–H groups in total. The molecule has 6 heteroatoms. The summed E-state index contributed by atoms with van der Waals surface area (Å²) in [5.41, 5.74) is 0.465. The SMILES string of the molecule is CCC1(Nc2cnn(CCOC)c(=O)c2Cl)CCC1. The maximum Gasteiger partial charge on any atom is 0.287 e. The van der Waals surface area contributed by atoms with E-state index in [-0.39, 0.29) is 16.1 Å². The van der Waals surface area contributed by atoms with Crippen molar-refractivity contribution in [3.05, 3.63) is 21.6 Å². The molecule has 2 rings (SSSR count). The number of halogens is 1. The minimum Gasteiger partial charge on any atom is -0.383 e. The molecule has 0 aromatic carbocycles. The van der Waals surface area contributed by atoms with Gasteiger partial charge in [0.25, 0.3) is 5.56 Å². The number of ether oxygens (including phenoxy) is 1. The van der Waals surface area contributed by atoms with Gasteiger partial charge in [-0.3, -0.25) is 4.79 Å². The molecule has 1 heterocycles. The fraction of sp³-hybridized carbons (Fsp3) is 0.692. The van der Waals surface area contributed by atoms with E-state index in [1.54, 1.807) is 13.3 Å². The molecule has 1 aromatic heterocycles. The first-order valence-electron chi connectivity index (χ1n) is 6.64. The first-order chi connectivity index (χ1) is 9.12. The van der Waals surface area contributed by atoms with E-state index in [0.29, 0.717) is 18.8 Å². The molecule has 0 bridgehead atoms. The van der Waals surface area contributed by atoms with Crippen molar-refractivity contribution in [2.45, 2.75) is 44.7 Å². The zero-order valence-corrected chi connectivity index (χ0v) is 12.2. The van der Waals surface area contributed by atoms with Crippen LogP contribution in [0.2, 0.25) is 5.02 Å². The van der Waals surface area contributed by atoms with Crippen LogP contribution in [0.25, 0.3) is 0 Å². The van der Waals surface area contributed by atoms with Gasteiger partial charge in [-0.2, -0.15) is 5.10 Å². The van der Waals surface area contributed by atoms with E-state index in [4.69, 9.17) is 16.3 Å². The molecular formula is C13H20ClN3O2. The fourth-order valence-electron chi connectivity index (χ4n) is 2.35. The molecule has 0 saturated heterocycles. The van der Waals surface area contributed by atoms with Crippen LogP contribution in [0.1, 0.15) is 32.6 Å². The molecule has 1 aromatic rings. The molecular weight excluding hydrogens is 266 g/mol. The monoisotopic (exact) mass is 285 g/mol. The van der Waals surface area contributed by atoms with Crippen molar-refractivity contribution in [2.75, 3.05) is 19.0 Å². The van der Waals surface area contributed by atoms with Crippen LogP contribution < -0.4 is 10.9 Å². The number of hydrogen-bond acceptors (Lipinski definition) is 4. The second-order valence-electron chi connectivity index (χ2n) is 5.01. The fourth-order valence-corrected chi connectivity index (χ4v) is 2.54. The molecule has 106 valence electrons. The first-order valence-corrected chi connectivity index (χ1v) is 7.02. The van der Waals surface area contributed by atoms with Gasteiger partial charge in [-0.1, -0.05) is 18.5 Å². The molecule has 0 radical (unpaired) electrons. The van der Waals surface area contributed by atoms with Crippen LogP contribution in [0.5, 0.6) is 0 Å². The molecule has 5 nitrogen and oxygen atoms in total. The molecule has 0 amide bonds. The van der Waals surface area contributed by atoms with Crippen molar-refractivity contribution in [3.8, 4) is 0 Å². The quantitative estimate of drug-likeness (QED) is 0.871. The third-order valence-electron chi connectivity index (χ3n) is 3.88. The minimum atomic E-state index is -0.269. The summed E-state index contributed by atoms with van der Waals surface area (Å²) in [6, 6.07) is 0. The van der Waals surface area contributed by atoms with Crippen LogP contribution in [0, 0.1) is 0 Å². The van der Waals surface area contributed by atoms with E-state index >= 15 is 0 Å². The van der Waals surface area contributed by atoms with Gasteiger partial charge in [0.15, 0.2) is 0 Å². The Hall–Kier alpha value is -1.07. The van der Waals surface area contributed by atoms with Crippen molar-refractivity contribution in [1.29, 1.82) is 0 Å². The van der Waals surface area contributed by atoms with Crippen LogP contribution in [0.15, 0.2) is 11.0 Å². The summed E-state index contributed by atoms with van der Waals surface area (Å²) in [6.07, 6.45) is 6.11. The third-order valence-corrected chi connectivity index (χ3v) is 4.24. The van der Waals surface area contributed by atoms with Crippen molar-refractivity contribution in [3.63, 3.8) is 0 Å². The van der Waals surface area contributed by atoms with E-state index in [1.807, 2.05) is 0 Å². The highest BCUT2D eigenvalue weighted by Crippen LogP contribution is 2.38. The lowest BCUT2D eigenvalue weighted by molar-refractivity contribution is 0.182. The molecule has 0 atom stereocenters. The van der Waals surface area contributed by atoms with Crippen LogP contribution in [0.4, 0.5) is 5.69 Å². The Morgan fingerprint density at radius 3 is 2.84 bits per heavy atom. The normalized spacial score (nSPS) is 17.0. The summed E-state index contributed by atoms with van der Waals surface area (Å²) in [5, 5.41) is 7.74. The Labute approximate surface area is 117 Å². The third kappa shape index (κ3) is 2.92. The van der Waals surface area contributed by atoms with Gasteiger partial charge in [0, 0.05) is 12.6 Å². The summed E-state index contributed by atoms with van der Waals surface area (Å²) >= 11 is 6.14. The largest absolute Gasteiger partial charge is 0.383 e. The average molecular weight is 286 g/mol. The van der Waals surface area contributed by atoms with Crippen molar-refractivity contribution in [2.24, 2.45) is 0 Å². The standard InChI is InChI=1S/C13H20ClN3O2/c1-3-13(5-4-6-13)16-10-9-15-17(7-8-19-2)12(18)11(10)14/h9,16H,3-8H2,1-2H3. The highest BCUT2D eigenvalue weighted by molar-refractivity contribution is 6.32.